The smallest absolute Gasteiger partial charge is 0.270 e. The molecule has 1 N–H and O–H groups in total. The van der Waals surface area contributed by atoms with Gasteiger partial charge >= 0.3 is 0 Å². The molecule has 0 spiro atoms. The number of nitrogens with zero attached hydrogens (tertiary/aromatic N) is 1. The summed E-state index contributed by atoms with van der Waals surface area (Å²) in [5.74, 6) is -0.949. The standard InChI is InChI=1S/C15H11FN2O3/c1-2-10-3-8-13(18(20)21)9-14(10)15(19)17-12-6-4-11(16)5-7-12/h2-9H,1H2,(H,17,19). The van der Waals surface area contributed by atoms with E-state index < -0.39 is 16.6 Å². The van der Waals surface area contributed by atoms with E-state index in [1.807, 2.05) is 0 Å². The summed E-state index contributed by atoms with van der Waals surface area (Å²) in [6.07, 6.45) is 1.43. The highest BCUT2D eigenvalue weighted by Crippen LogP contribution is 2.20. The molecule has 0 radical (unpaired) electrons. The first-order chi connectivity index (χ1) is 10.0. The Morgan fingerprint density at radius 1 is 1.24 bits per heavy atom. The lowest BCUT2D eigenvalue weighted by Crippen LogP contribution is -2.13. The Morgan fingerprint density at radius 3 is 2.48 bits per heavy atom. The average molecular weight is 286 g/mol. The van der Waals surface area contributed by atoms with Gasteiger partial charge in [-0.15, -0.1) is 0 Å². The van der Waals surface area contributed by atoms with Crippen molar-refractivity contribution in [3.63, 3.8) is 0 Å². The van der Waals surface area contributed by atoms with Gasteiger partial charge < -0.3 is 5.32 Å². The lowest BCUT2D eigenvalue weighted by molar-refractivity contribution is -0.384. The van der Waals surface area contributed by atoms with Crippen LogP contribution >= 0.6 is 0 Å². The number of nitro groups is 1. The Balaban J connectivity index is 2.33. The maximum Gasteiger partial charge on any atom is 0.270 e. The summed E-state index contributed by atoms with van der Waals surface area (Å²) in [6.45, 7) is 3.57. The largest absolute Gasteiger partial charge is 0.322 e. The van der Waals surface area contributed by atoms with Crippen LogP contribution in [0.25, 0.3) is 6.08 Å². The number of non-ortho nitro benzene ring substituents is 1. The Kier molecular flexibility index (Phi) is 4.08. The van der Waals surface area contributed by atoms with E-state index in [0.29, 0.717) is 11.3 Å². The van der Waals surface area contributed by atoms with Crippen LogP contribution in [0.1, 0.15) is 15.9 Å². The number of hydrogen-bond acceptors (Lipinski definition) is 3. The van der Waals surface area contributed by atoms with Gasteiger partial charge in [0.2, 0.25) is 0 Å². The molecule has 2 aromatic rings. The lowest BCUT2D eigenvalue weighted by atomic mass is 10.1. The summed E-state index contributed by atoms with van der Waals surface area (Å²) in [6, 6.07) is 9.14. The Hall–Kier alpha value is -3.02. The van der Waals surface area contributed by atoms with E-state index in [1.165, 1.54) is 48.5 Å². The average Bonchev–Trinajstić information content (AvgIpc) is 2.48. The van der Waals surface area contributed by atoms with Crippen molar-refractivity contribution in [2.75, 3.05) is 5.32 Å². The van der Waals surface area contributed by atoms with Crippen molar-refractivity contribution in [2.24, 2.45) is 0 Å². The minimum Gasteiger partial charge on any atom is -0.322 e. The highest BCUT2D eigenvalue weighted by molar-refractivity contribution is 6.07. The van der Waals surface area contributed by atoms with Crippen molar-refractivity contribution in [3.8, 4) is 0 Å². The van der Waals surface area contributed by atoms with Crippen molar-refractivity contribution >= 4 is 23.4 Å². The SMILES string of the molecule is C=Cc1ccc([N+](=O)[O-])cc1C(=O)Nc1ccc(F)cc1. The van der Waals surface area contributed by atoms with Gasteiger partial charge in [0.15, 0.2) is 0 Å². The number of amides is 1. The molecule has 0 saturated carbocycles. The van der Waals surface area contributed by atoms with Crippen molar-refractivity contribution in [1.29, 1.82) is 0 Å². The third kappa shape index (κ3) is 3.30. The van der Waals surface area contributed by atoms with Gasteiger partial charge in [0.25, 0.3) is 11.6 Å². The molecule has 0 saturated heterocycles. The zero-order chi connectivity index (χ0) is 15.4. The summed E-state index contributed by atoms with van der Waals surface area (Å²) >= 11 is 0. The van der Waals surface area contributed by atoms with Crippen molar-refractivity contribution in [1.82, 2.24) is 0 Å². The molecule has 0 unspecified atom stereocenters. The van der Waals surface area contributed by atoms with E-state index in [-0.39, 0.29) is 11.3 Å². The maximum atomic E-state index is 12.8. The molecule has 2 rings (SSSR count). The molecular formula is C15H11FN2O3. The van der Waals surface area contributed by atoms with Crippen molar-refractivity contribution < 1.29 is 14.1 Å². The van der Waals surface area contributed by atoms with Gasteiger partial charge in [-0.3, -0.25) is 14.9 Å². The number of carbonyl (C=O) groups excluding carboxylic acids is 1. The number of halogens is 1. The quantitative estimate of drug-likeness (QED) is 0.689. The molecule has 0 bridgehead atoms. The van der Waals surface area contributed by atoms with Gasteiger partial charge in [0, 0.05) is 17.8 Å². The zero-order valence-electron chi connectivity index (χ0n) is 10.9. The number of rotatable bonds is 4. The number of carbonyl (C=O) groups is 1. The first-order valence-corrected chi connectivity index (χ1v) is 5.99. The maximum absolute atomic E-state index is 12.8. The van der Waals surface area contributed by atoms with Crippen LogP contribution in [-0.2, 0) is 0 Å². The van der Waals surface area contributed by atoms with E-state index in [0.717, 1.165) is 0 Å². The molecule has 2 aromatic carbocycles. The van der Waals surface area contributed by atoms with Crippen LogP contribution in [0.2, 0.25) is 0 Å². The number of benzene rings is 2. The summed E-state index contributed by atoms with van der Waals surface area (Å²) < 4.78 is 12.8. The summed E-state index contributed by atoms with van der Waals surface area (Å²) in [5, 5.41) is 13.3. The third-order valence-corrected chi connectivity index (χ3v) is 2.81. The van der Waals surface area contributed by atoms with E-state index in [9.17, 15) is 19.3 Å². The monoisotopic (exact) mass is 286 g/mol. The fourth-order valence-electron chi connectivity index (χ4n) is 1.76. The van der Waals surface area contributed by atoms with Crippen LogP contribution in [0, 0.1) is 15.9 Å². The molecule has 1 amide bonds. The molecule has 21 heavy (non-hydrogen) atoms. The number of anilines is 1. The Bertz CT molecular complexity index is 711. The fourth-order valence-corrected chi connectivity index (χ4v) is 1.76. The van der Waals surface area contributed by atoms with Crippen LogP contribution in [0.5, 0.6) is 0 Å². The molecule has 0 heterocycles. The van der Waals surface area contributed by atoms with Gasteiger partial charge in [-0.25, -0.2) is 4.39 Å². The molecule has 5 nitrogen and oxygen atoms in total. The normalized spacial score (nSPS) is 9.95. The number of nitrogens with one attached hydrogen (secondary N) is 1. The highest BCUT2D eigenvalue weighted by Gasteiger charge is 2.15. The van der Waals surface area contributed by atoms with Crippen LogP contribution in [-0.4, -0.2) is 10.8 Å². The second-order valence-corrected chi connectivity index (χ2v) is 4.19. The highest BCUT2D eigenvalue weighted by atomic mass is 19.1. The van der Waals surface area contributed by atoms with Crippen molar-refractivity contribution in [2.45, 2.75) is 0 Å². The van der Waals surface area contributed by atoms with Gasteiger partial charge in [0.1, 0.15) is 5.82 Å². The van der Waals surface area contributed by atoms with E-state index in [2.05, 4.69) is 11.9 Å². The van der Waals surface area contributed by atoms with Gasteiger partial charge in [-0.05, 0) is 35.9 Å². The van der Waals surface area contributed by atoms with Crippen LogP contribution in [0.15, 0.2) is 49.0 Å². The summed E-state index contributed by atoms with van der Waals surface area (Å²) in [7, 11) is 0. The summed E-state index contributed by atoms with van der Waals surface area (Å²) in [5.41, 5.74) is 0.802. The molecule has 0 aliphatic heterocycles. The number of nitro benzene ring substituents is 1. The number of hydrogen-bond donors (Lipinski definition) is 1. The second-order valence-electron chi connectivity index (χ2n) is 4.19. The molecule has 0 aromatic heterocycles. The molecule has 0 atom stereocenters. The van der Waals surface area contributed by atoms with E-state index in [4.69, 9.17) is 0 Å². The third-order valence-electron chi connectivity index (χ3n) is 2.81. The Morgan fingerprint density at radius 2 is 1.90 bits per heavy atom. The molecule has 106 valence electrons. The molecule has 0 aliphatic rings. The molecule has 6 heteroatoms. The predicted octanol–water partition coefficient (Wildman–Crippen LogP) is 3.63. The zero-order valence-corrected chi connectivity index (χ0v) is 10.9. The fraction of sp³-hybridized carbons (Fsp3) is 0. The Labute approximate surface area is 119 Å². The lowest BCUT2D eigenvalue weighted by Gasteiger charge is -2.08. The van der Waals surface area contributed by atoms with E-state index in [1.54, 1.807) is 0 Å². The predicted molar refractivity (Wildman–Crippen MR) is 77.5 cm³/mol. The first-order valence-electron chi connectivity index (χ1n) is 5.99. The molecular weight excluding hydrogens is 275 g/mol. The van der Waals surface area contributed by atoms with Crippen LogP contribution in [0.3, 0.4) is 0 Å². The minimum atomic E-state index is -0.582. The first kappa shape index (κ1) is 14.4. The molecule has 0 fully saturated rings. The van der Waals surface area contributed by atoms with Gasteiger partial charge in [-0.2, -0.15) is 0 Å². The van der Waals surface area contributed by atoms with E-state index >= 15 is 0 Å². The minimum absolute atomic E-state index is 0.128. The van der Waals surface area contributed by atoms with Crippen molar-refractivity contribution in [3.05, 3.63) is 76.1 Å². The van der Waals surface area contributed by atoms with Gasteiger partial charge in [0.05, 0.1) is 10.5 Å². The second kappa shape index (κ2) is 5.96. The molecule has 0 aliphatic carbocycles. The summed E-state index contributed by atoms with van der Waals surface area (Å²) in [4.78, 5) is 22.4. The van der Waals surface area contributed by atoms with Crippen LogP contribution in [0.4, 0.5) is 15.8 Å². The van der Waals surface area contributed by atoms with Gasteiger partial charge in [-0.1, -0.05) is 12.7 Å². The topological polar surface area (TPSA) is 72.2 Å². The van der Waals surface area contributed by atoms with Crippen LogP contribution < -0.4 is 5.32 Å².